The zero-order chi connectivity index (χ0) is 13.4. The average molecular weight is 284 g/mol. The third-order valence-corrected chi connectivity index (χ3v) is 4.23. The molecule has 0 atom stereocenters. The van der Waals surface area contributed by atoms with Crippen LogP contribution in [0.5, 0.6) is 0 Å². The molecule has 2 aliphatic rings. The molecule has 0 unspecified atom stereocenters. The van der Waals surface area contributed by atoms with Gasteiger partial charge < -0.3 is 5.32 Å². The van der Waals surface area contributed by atoms with Crippen LogP contribution in [0.15, 0.2) is 15.8 Å². The van der Waals surface area contributed by atoms with Crippen molar-refractivity contribution in [2.75, 3.05) is 6.54 Å². The number of H-pyrrole nitrogens is 1. The van der Waals surface area contributed by atoms with E-state index in [0.717, 1.165) is 18.4 Å². The molecule has 104 valence electrons. The summed E-state index contributed by atoms with van der Waals surface area (Å²) < 4.78 is 1.45. The van der Waals surface area contributed by atoms with E-state index in [2.05, 4.69) is 10.3 Å². The summed E-state index contributed by atoms with van der Waals surface area (Å²) in [7, 11) is 0. The van der Waals surface area contributed by atoms with Crippen molar-refractivity contribution in [2.45, 2.75) is 38.3 Å². The summed E-state index contributed by atoms with van der Waals surface area (Å²) in [6.07, 6.45) is 6.74. The molecule has 5 nitrogen and oxygen atoms in total. The van der Waals surface area contributed by atoms with E-state index >= 15 is 0 Å². The average Bonchev–Trinajstić information content (AvgIpc) is 3.24. The summed E-state index contributed by atoms with van der Waals surface area (Å²) in [6, 6.07) is 0.619. The molecule has 2 aliphatic carbocycles. The lowest BCUT2D eigenvalue weighted by Gasteiger charge is -2.17. The maximum absolute atomic E-state index is 11.6. The van der Waals surface area contributed by atoms with Crippen molar-refractivity contribution in [2.24, 2.45) is 11.8 Å². The van der Waals surface area contributed by atoms with Crippen LogP contribution in [0.3, 0.4) is 0 Å². The highest BCUT2D eigenvalue weighted by Crippen LogP contribution is 2.44. The molecule has 19 heavy (non-hydrogen) atoms. The Balaban J connectivity index is 1.58. The van der Waals surface area contributed by atoms with Gasteiger partial charge in [0.25, 0.3) is 5.56 Å². The Bertz CT molecular complexity index is 560. The zero-order valence-electron chi connectivity index (χ0n) is 10.7. The molecule has 0 radical (unpaired) electrons. The van der Waals surface area contributed by atoms with Crippen LogP contribution in [0, 0.1) is 11.8 Å². The van der Waals surface area contributed by atoms with E-state index in [0.29, 0.717) is 12.6 Å². The SMILES string of the molecule is O=c1[nH]c(=O)n(CCNC(C2CC2)C2CC2)cc1Cl. The fourth-order valence-corrected chi connectivity index (χ4v) is 2.79. The van der Waals surface area contributed by atoms with Crippen LogP contribution in [-0.4, -0.2) is 22.1 Å². The summed E-state index contributed by atoms with van der Waals surface area (Å²) in [5.74, 6) is 1.67. The van der Waals surface area contributed by atoms with Crippen LogP contribution in [0.4, 0.5) is 0 Å². The molecule has 3 rings (SSSR count). The molecule has 0 bridgehead atoms. The third-order valence-electron chi connectivity index (χ3n) is 3.96. The maximum Gasteiger partial charge on any atom is 0.328 e. The number of aromatic amines is 1. The fraction of sp³-hybridized carbons (Fsp3) is 0.692. The van der Waals surface area contributed by atoms with Gasteiger partial charge in [0.05, 0.1) is 0 Å². The third kappa shape index (κ3) is 3.09. The quantitative estimate of drug-likeness (QED) is 0.817. The lowest BCUT2D eigenvalue weighted by molar-refractivity contribution is 0.404. The maximum atomic E-state index is 11.6. The van der Waals surface area contributed by atoms with Crippen molar-refractivity contribution in [3.8, 4) is 0 Å². The molecule has 0 spiro atoms. The standard InChI is InChI=1S/C13H18ClN3O2/c14-10-7-17(13(19)16-12(10)18)6-5-15-11(8-1-2-8)9-3-4-9/h7-9,11,15H,1-6H2,(H,16,18,19). The molecule has 2 fully saturated rings. The van der Waals surface area contributed by atoms with E-state index in [1.807, 2.05) is 0 Å². The van der Waals surface area contributed by atoms with E-state index in [-0.39, 0.29) is 5.02 Å². The number of aromatic nitrogens is 2. The molecular formula is C13H18ClN3O2. The second-order valence-corrected chi connectivity index (χ2v) is 5.99. The Morgan fingerprint density at radius 3 is 2.53 bits per heavy atom. The molecule has 0 saturated heterocycles. The molecule has 1 aromatic rings. The summed E-state index contributed by atoms with van der Waals surface area (Å²) >= 11 is 5.72. The van der Waals surface area contributed by atoms with Crippen LogP contribution in [0.2, 0.25) is 5.02 Å². The van der Waals surface area contributed by atoms with Gasteiger partial charge in [0, 0.05) is 25.3 Å². The summed E-state index contributed by atoms with van der Waals surface area (Å²) in [4.78, 5) is 24.9. The van der Waals surface area contributed by atoms with Gasteiger partial charge in [0.15, 0.2) is 0 Å². The van der Waals surface area contributed by atoms with Gasteiger partial charge in [-0.2, -0.15) is 0 Å². The lowest BCUT2D eigenvalue weighted by atomic mass is 10.1. The van der Waals surface area contributed by atoms with Crippen LogP contribution in [0.25, 0.3) is 0 Å². The summed E-state index contributed by atoms with van der Waals surface area (Å²) in [6.45, 7) is 1.27. The number of nitrogens with zero attached hydrogens (tertiary/aromatic N) is 1. The first-order valence-corrected chi connectivity index (χ1v) is 7.25. The van der Waals surface area contributed by atoms with Crippen molar-refractivity contribution in [1.29, 1.82) is 0 Å². The number of rotatable bonds is 6. The fourth-order valence-electron chi connectivity index (χ4n) is 2.63. The molecule has 1 heterocycles. The monoisotopic (exact) mass is 283 g/mol. The summed E-state index contributed by atoms with van der Waals surface area (Å²) in [5, 5.41) is 3.61. The van der Waals surface area contributed by atoms with Crippen LogP contribution in [0.1, 0.15) is 25.7 Å². The van der Waals surface area contributed by atoms with E-state index in [1.54, 1.807) is 0 Å². The normalized spacial score (nSPS) is 19.1. The zero-order valence-corrected chi connectivity index (χ0v) is 11.4. The minimum absolute atomic E-state index is 0.0561. The van der Waals surface area contributed by atoms with Crippen molar-refractivity contribution >= 4 is 11.6 Å². The highest BCUT2D eigenvalue weighted by molar-refractivity contribution is 6.30. The molecule has 6 heteroatoms. The van der Waals surface area contributed by atoms with Crippen molar-refractivity contribution in [3.63, 3.8) is 0 Å². The number of halogens is 1. The molecule has 2 N–H and O–H groups in total. The Morgan fingerprint density at radius 1 is 1.32 bits per heavy atom. The number of hydrogen-bond acceptors (Lipinski definition) is 3. The Labute approximate surface area is 116 Å². The largest absolute Gasteiger partial charge is 0.328 e. The summed E-state index contributed by atoms with van der Waals surface area (Å²) in [5.41, 5.74) is -0.921. The molecule has 0 aliphatic heterocycles. The first-order chi connectivity index (χ1) is 9.15. The smallest absolute Gasteiger partial charge is 0.312 e. The predicted molar refractivity (Wildman–Crippen MR) is 73.6 cm³/mol. The Kier molecular flexibility index (Phi) is 3.50. The highest BCUT2D eigenvalue weighted by Gasteiger charge is 2.40. The number of nitrogens with one attached hydrogen (secondary N) is 2. The van der Waals surface area contributed by atoms with Gasteiger partial charge in [-0.15, -0.1) is 0 Å². The molecular weight excluding hydrogens is 266 g/mol. The van der Waals surface area contributed by atoms with Crippen molar-refractivity contribution < 1.29 is 0 Å². The molecule has 0 amide bonds. The Morgan fingerprint density at radius 2 is 1.95 bits per heavy atom. The van der Waals surface area contributed by atoms with Crippen molar-refractivity contribution in [1.82, 2.24) is 14.9 Å². The van der Waals surface area contributed by atoms with E-state index < -0.39 is 11.2 Å². The van der Waals surface area contributed by atoms with E-state index in [4.69, 9.17) is 11.6 Å². The van der Waals surface area contributed by atoms with E-state index in [1.165, 1.54) is 36.4 Å². The van der Waals surface area contributed by atoms with Crippen LogP contribution in [-0.2, 0) is 6.54 Å². The van der Waals surface area contributed by atoms with Gasteiger partial charge in [-0.1, -0.05) is 11.6 Å². The second kappa shape index (κ2) is 5.13. The molecule has 1 aromatic heterocycles. The van der Waals surface area contributed by atoms with Crippen LogP contribution >= 0.6 is 11.6 Å². The highest BCUT2D eigenvalue weighted by atomic mass is 35.5. The van der Waals surface area contributed by atoms with Gasteiger partial charge in [0.2, 0.25) is 0 Å². The van der Waals surface area contributed by atoms with Gasteiger partial charge in [0.1, 0.15) is 5.02 Å². The number of hydrogen-bond donors (Lipinski definition) is 2. The Hall–Kier alpha value is -1.07. The van der Waals surface area contributed by atoms with Gasteiger partial charge in [-0.05, 0) is 37.5 Å². The van der Waals surface area contributed by atoms with E-state index in [9.17, 15) is 9.59 Å². The van der Waals surface area contributed by atoms with Crippen LogP contribution < -0.4 is 16.6 Å². The molecule has 2 saturated carbocycles. The van der Waals surface area contributed by atoms with Gasteiger partial charge in [-0.3, -0.25) is 14.3 Å². The molecule has 0 aromatic carbocycles. The predicted octanol–water partition coefficient (Wildman–Crippen LogP) is 0.968. The van der Waals surface area contributed by atoms with Gasteiger partial charge in [-0.25, -0.2) is 4.79 Å². The minimum Gasteiger partial charge on any atom is -0.312 e. The second-order valence-electron chi connectivity index (χ2n) is 5.58. The lowest BCUT2D eigenvalue weighted by Crippen LogP contribution is -2.38. The van der Waals surface area contributed by atoms with Gasteiger partial charge >= 0.3 is 5.69 Å². The first-order valence-electron chi connectivity index (χ1n) is 6.88. The minimum atomic E-state index is -0.523. The topological polar surface area (TPSA) is 66.9 Å². The first kappa shape index (κ1) is 12.9. The van der Waals surface area contributed by atoms with Crippen molar-refractivity contribution in [3.05, 3.63) is 32.1 Å².